The van der Waals surface area contributed by atoms with E-state index < -0.39 is 0 Å². The third-order valence-electron chi connectivity index (χ3n) is 5.53. The lowest BCUT2D eigenvalue weighted by Crippen LogP contribution is -2.49. The van der Waals surface area contributed by atoms with Crippen LogP contribution in [0.4, 0.5) is 0 Å². The summed E-state index contributed by atoms with van der Waals surface area (Å²) in [6.07, 6.45) is 11.1. The Morgan fingerprint density at radius 2 is 1.48 bits per heavy atom. The molecule has 0 spiro atoms. The molecule has 0 radical (unpaired) electrons. The molecule has 0 saturated heterocycles. The fourth-order valence-corrected chi connectivity index (χ4v) is 3.59. The van der Waals surface area contributed by atoms with Gasteiger partial charge in [-0.1, -0.05) is 39.5 Å². The van der Waals surface area contributed by atoms with Crippen molar-refractivity contribution in [2.45, 2.75) is 97.6 Å². The maximum Gasteiger partial charge on any atom is 0.00967 e. The molecule has 1 N–H and O–H groups in total. The van der Waals surface area contributed by atoms with Gasteiger partial charge in [-0.25, -0.2) is 0 Å². The average Bonchev–Trinajstić information content (AvgIpc) is 2.71. The standard InChI is InChI=1S/C19H40N2/c1-7-19(8-2,15-20-18(3,4)5)16-21(6)17-13-11-9-10-12-14-17/h17,20H,7-16H2,1-6H3. The van der Waals surface area contributed by atoms with Crippen molar-refractivity contribution in [2.75, 3.05) is 20.1 Å². The Balaban J connectivity index is 2.62. The van der Waals surface area contributed by atoms with Gasteiger partial charge in [0.25, 0.3) is 0 Å². The third-order valence-corrected chi connectivity index (χ3v) is 5.53. The van der Waals surface area contributed by atoms with Gasteiger partial charge in [-0.15, -0.1) is 0 Å². The van der Waals surface area contributed by atoms with Crippen LogP contribution in [-0.2, 0) is 0 Å². The smallest absolute Gasteiger partial charge is 0.00967 e. The fraction of sp³-hybridized carbons (Fsp3) is 1.00. The van der Waals surface area contributed by atoms with Crippen LogP contribution in [0.25, 0.3) is 0 Å². The molecule has 0 heterocycles. The van der Waals surface area contributed by atoms with Crippen LogP contribution in [0.3, 0.4) is 0 Å². The summed E-state index contributed by atoms with van der Waals surface area (Å²) in [7, 11) is 2.37. The molecule has 2 heteroatoms. The quantitative estimate of drug-likeness (QED) is 0.677. The first-order valence-corrected chi connectivity index (χ1v) is 9.27. The lowest BCUT2D eigenvalue weighted by Gasteiger charge is -2.41. The van der Waals surface area contributed by atoms with Gasteiger partial charge in [-0.2, -0.15) is 0 Å². The lowest BCUT2D eigenvalue weighted by atomic mass is 9.80. The SMILES string of the molecule is CCC(CC)(CNC(C)(C)C)CN(C)C1CCCCCC1. The predicted octanol–water partition coefficient (Wildman–Crippen LogP) is 4.84. The van der Waals surface area contributed by atoms with Crippen LogP contribution in [-0.4, -0.2) is 36.6 Å². The van der Waals surface area contributed by atoms with Crippen molar-refractivity contribution < 1.29 is 0 Å². The highest BCUT2D eigenvalue weighted by Crippen LogP contribution is 2.30. The highest BCUT2D eigenvalue weighted by molar-refractivity contribution is 4.87. The predicted molar refractivity (Wildman–Crippen MR) is 94.9 cm³/mol. The molecule has 0 amide bonds. The van der Waals surface area contributed by atoms with Gasteiger partial charge in [-0.3, -0.25) is 0 Å². The van der Waals surface area contributed by atoms with Crippen molar-refractivity contribution >= 4 is 0 Å². The van der Waals surface area contributed by atoms with Gasteiger partial charge in [0.15, 0.2) is 0 Å². The molecule has 0 unspecified atom stereocenters. The highest BCUT2D eigenvalue weighted by Gasteiger charge is 2.31. The van der Waals surface area contributed by atoms with Crippen LogP contribution >= 0.6 is 0 Å². The van der Waals surface area contributed by atoms with Crippen LogP contribution in [0.2, 0.25) is 0 Å². The molecule has 2 nitrogen and oxygen atoms in total. The maximum absolute atomic E-state index is 3.76. The lowest BCUT2D eigenvalue weighted by molar-refractivity contribution is 0.107. The Kier molecular flexibility index (Phi) is 7.70. The van der Waals surface area contributed by atoms with Crippen LogP contribution in [0.15, 0.2) is 0 Å². The zero-order chi connectivity index (χ0) is 15.9. The summed E-state index contributed by atoms with van der Waals surface area (Å²) in [5.74, 6) is 0. The molecular formula is C19H40N2. The summed E-state index contributed by atoms with van der Waals surface area (Å²) in [6.45, 7) is 14.0. The summed E-state index contributed by atoms with van der Waals surface area (Å²) in [4.78, 5) is 2.68. The zero-order valence-electron chi connectivity index (χ0n) is 15.6. The van der Waals surface area contributed by atoms with E-state index in [4.69, 9.17) is 0 Å². The van der Waals surface area contributed by atoms with Crippen LogP contribution in [0, 0.1) is 5.41 Å². The van der Waals surface area contributed by atoms with E-state index in [0.29, 0.717) is 5.41 Å². The minimum Gasteiger partial charge on any atom is -0.311 e. The van der Waals surface area contributed by atoms with E-state index in [1.807, 2.05) is 0 Å². The van der Waals surface area contributed by atoms with Gasteiger partial charge in [0, 0.05) is 24.7 Å². The zero-order valence-corrected chi connectivity index (χ0v) is 15.6. The molecule has 1 saturated carbocycles. The van der Waals surface area contributed by atoms with Crippen molar-refractivity contribution in [2.24, 2.45) is 5.41 Å². The molecule has 1 aliphatic carbocycles. The summed E-state index contributed by atoms with van der Waals surface area (Å²) in [5.41, 5.74) is 0.644. The number of hydrogen-bond acceptors (Lipinski definition) is 2. The number of hydrogen-bond donors (Lipinski definition) is 1. The summed E-state index contributed by atoms with van der Waals surface area (Å²) in [5, 5.41) is 3.76. The van der Waals surface area contributed by atoms with Crippen LogP contribution in [0.5, 0.6) is 0 Å². The first-order chi connectivity index (χ1) is 9.82. The van der Waals surface area contributed by atoms with Crippen LogP contribution < -0.4 is 5.32 Å². The minimum atomic E-state index is 0.219. The Bertz CT molecular complexity index is 268. The molecule has 0 aromatic heterocycles. The summed E-state index contributed by atoms with van der Waals surface area (Å²) < 4.78 is 0. The van der Waals surface area contributed by atoms with E-state index in [2.05, 4.69) is 51.9 Å². The maximum atomic E-state index is 3.76. The summed E-state index contributed by atoms with van der Waals surface area (Å²) >= 11 is 0. The van der Waals surface area contributed by atoms with Crippen LogP contribution in [0.1, 0.15) is 86.0 Å². The topological polar surface area (TPSA) is 15.3 Å². The van der Waals surface area contributed by atoms with Gasteiger partial charge in [-0.05, 0) is 58.9 Å². The van der Waals surface area contributed by atoms with Gasteiger partial charge < -0.3 is 10.2 Å². The van der Waals surface area contributed by atoms with E-state index in [1.165, 1.54) is 57.9 Å². The van der Waals surface area contributed by atoms with Gasteiger partial charge >= 0.3 is 0 Å². The van der Waals surface area contributed by atoms with Gasteiger partial charge in [0.1, 0.15) is 0 Å². The first-order valence-electron chi connectivity index (χ1n) is 9.27. The molecule has 0 bridgehead atoms. The Morgan fingerprint density at radius 3 is 1.90 bits per heavy atom. The second-order valence-corrected chi connectivity index (χ2v) is 8.37. The number of nitrogens with zero attached hydrogens (tertiary/aromatic N) is 1. The molecule has 0 aliphatic heterocycles. The van der Waals surface area contributed by atoms with E-state index >= 15 is 0 Å². The van der Waals surface area contributed by atoms with E-state index in [9.17, 15) is 0 Å². The Hall–Kier alpha value is -0.0800. The highest BCUT2D eigenvalue weighted by atomic mass is 15.1. The van der Waals surface area contributed by atoms with E-state index in [-0.39, 0.29) is 5.54 Å². The van der Waals surface area contributed by atoms with Crippen molar-refractivity contribution in [1.82, 2.24) is 10.2 Å². The fourth-order valence-electron chi connectivity index (χ4n) is 3.59. The number of rotatable bonds is 7. The van der Waals surface area contributed by atoms with Crippen molar-refractivity contribution in [3.05, 3.63) is 0 Å². The van der Waals surface area contributed by atoms with E-state index in [0.717, 1.165) is 12.6 Å². The second kappa shape index (κ2) is 8.53. The molecule has 0 aromatic carbocycles. The molecule has 1 aliphatic rings. The molecule has 1 fully saturated rings. The third kappa shape index (κ3) is 6.69. The van der Waals surface area contributed by atoms with Crippen molar-refractivity contribution in [3.8, 4) is 0 Å². The second-order valence-electron chi connectivity index (χ2n) is 8.37. The van der Waals surface area contributed by atoms with Crippen molar-refractivity contribution in [3.63, 3.8) is 0 Å². The summed E-state index contributed by atoms with van der Waals surface area (Å²) in [6, 6.07) is 0.819. The van der Waals surface area contributed by atoms with Gasteiger partial charge in [0.05, 0.1) is 0 Å². The Labute approximate surface area is 134 Å². The molecular weight excluding hydrogens is 256 g/mol. The molecule has 21 heavy (non-hydrogen) atoms. The molecule has 126 valence electrons. The first kappa shape index (κ1) is 19.0. The average molecular weight is 297 g/mol. The normalized spacial score (nSPS) is 19.0. The van der Waals surface area contributed by atoms with Crippen molar-refractivity contribution in [1.29, 1.82) is 0 Å². The molecule has 0 aromatic rings. The van der Waals surface area contributed by atoms with E-state index in [1.54, 1.807) is 0 Å². The monoisotopic (exact) mass is 296 g/mol. The Morgan fingerprint density at radius 1 is 0.952 bits per heavy atom. The largest absolute Gasteiger partial charge is 0.311 e. The van der Waals surface area contributed by atoms with Gasteiger partial charge in [0.2, 0.25) is 0 Å². The molecule has 0 atom stereocenters. The number of nitrogens with one attached hydrogen (secondary N) is 1. The minimum absolute atomic E-state index is 0.219. The molecule has 1 rings (SSSR count).